The quantitative estimate of drug-likeness (QED) is 0.0642. The van der Waals surface area contributed by atoms with Crippen LogP contribution in [0.1, 0.15) is 39.2 Å². The molecule has 0 saturated heterocycles. The second kappa shape index (κ2) is 16.2. The van der Waals surface area contributed by atoms with Crippen LogP contribution in [0.25, 0.3) is 0 Å². The molecule has 1 atom stereocenters. The number of hydrogen-bond acceptors (Lipinski definition) is 8. The van der Waals surface area contributed by atoms with Gasteiger partial charge in [0.25, 0.3) is 0 Å². The minimum Gasteiger partial charge on any atom is -0.465 e. The number of esters is 1. The Hall–Kier alpha value is -3.77. The molecule has 38 heavy (non-hydrogen) atoms. The first kappa shape index (κ1) is 32.3. The molecule has 0 spiro atoms. The summed E-state index contributed by atoms with van der Waals surface area (Å²) >= 11 is 0. The fraction of sp³-hybridized carbons (Fsp3) is 0.385. The van der Waals surface area contributed by atoms with Gasteiger partial charge in [0.05, 0.1) is 24.5 Å². The van der Waals surface area contributed by atoms with Crippen molar-refractivity contribution in [1.29, 1.82) is 0 Å². The van der Waals surface area contributed by atoms with E-state index in [2.05, 4.69) is 21.2 Å². The Morgan fingerprint density at radius 2 is 1.87 bits per heavy atom. The van der Waals surface area contributed by atoms with Crippen LogP contribution in [0.3, 0.4) is 0 Å². The molecular formula is C26H36N4O7S. The predicted molar refractivity (Wildman–Crippen MR) is 145 cm³/mol. The van der Waals surface area contributed by atoms with Gasteiger partial charge in [0.1, 0.15) is 6.54 Å². The number of sulfonamides is 1. The molecule has 1 aromatic carbocycles. The standard InChI is InChI=1S/C26H36N4O7S/c1-6-8-16-30(25(32)20(4)29-38(34,35)18-21-12-10-9-11-13-21)17-23(31)37-28-24(27)19(3)14-15-22(7-2)26(33)36-5/h7,9-15,20,29H,2,6,8,16-18H2,1,3-5H3,(H2,27,28)/b19-14+,22-15+/t20-/m0/s1. The number of allylic oxidation sites excluding steroid dienone is 2. The van der Waals surface area contributed by atoms with E-state index in [4.69, 9.17) is 10.6 Å². The largest absolute Gasteiger partial charge is 0.465 e. The lowest BCUT2D eigenvalue weighted by Crippen LogP contribution is -2.49. The lowest BCUT2D eigenvalue weighted by atomic mass is 10.2. The number of hydrogen-bond donors (Lipinski definition) is 2. The third-order valence-electron chi connectivity index (χ3n) is 5.14. The molecule has 1 aromatic rings. The number of oxime groups is 1. The summed E-state index contributed by atoms with van der Waals surface area (Å²) in [6.07, 6.45) is 5.54. The molecule has 0 aliphatic rings. The summed E-state index contributed by atoms with van der Waals surface area (Å²) in [5.41, 5.74) is 6.99. The maximum absolute atomic E-state index is 13.0. The Morgan fingerprint density at radius 1 is 1.21 bits per heavy atom. The Labute approximate surface area is 224 Å². The van der Waals surface area contributed by atoms with E-state index in [1.165, 1.54) is 37.2 Å². The first-order valence-corrected chi connectivity index (χ1v) is 13.5. The maximum Gasteiger partial charge on any atom is 0.354 e. The van der Waals surface area contributed by atoms with Crippen LogP contribution in [0.15, 0.2) is 71.4 Å². The summed E-state index contributed by atoms with van der Waals surface area (Å²) in [6, 6.07) is 7.46. The first-order chi connectivity index (χ1) is 17.9. The maximum atomic E-state index is 13.0. The number of unbranched alkanes of at least 4 members (excludes halogenated alkanes) is 1. The number of methoxy groups -OCH3 is 1. The zero-order valence-corrected chi connectivity index (χ0v) is 23.0. The minimum absolute atomic E-state index is 0.128. The zero-order valence-electron chi connectivity index (χ0n) is 22.2. The first-order valence-electron chi connectivity index (χ1n) is 11.9. The highest BCUT2D eigenvalue weighted by Crippen LogP contribution is 2.07. The number of nitrogens with zero attached hydrogens (tertiary/aromatic N) is 2. The second-order valence-corrected chi connectivity index (χ2v) is 10.1. The summed E-state index contributed by atoms with van der Waals surface area (Å²) < 4.78 is 32.1. The number of amides is 1. The lowest BCUT2D eigenvalue weighted by Gasteiger charge is -2.25. The van der Waals surface area contributed by atoms with E-state index >= 15 is 0 Å². The predicted octanol–water partition coefficient (Wildman–Crippen LogP) is 2.17. The average molecular weight is 549 g/mol. The number of rotatable bonds is 15. The van der Waals surface area contributed by atoms with Gasteiger partial charge in [-0.15, -0.1) is 0 Å². The van der Waals surface area contributed by atoms with Crippen molar-refractivity contribution in [2.75, 3.05) is 20.2 Å². The molecule has 1 amide bonds. The molecule has 11 nitrogen and oxygen atoms in total. The number of benzene rings is 1. The van der Waals surface area contributed by atoms with E-state index < -0.39 is 40.5 Å². The van der Waals surface area contributed by atoms with E-state index in [0.29, 0.717) is 17.6 Å². The van der Waals surface area contributed by atoms with Crippen molar-refractivity contribution < 1.29 is 32.4 Å². The van der Waals surface area contributed by atoms with Gasteiger partial charge in [-0.1, -0.05) is 67.6 Å². The molecule has 12 heteroatoms. The molecular weight excluding hydrogens is 512 g/mol. The van der Waals surface area contributed by atoms with Gasteiger partial charge in [-0.3, -0.25) is 4.79 Å². The van der Waals surface area contributed by atoms with Crippen LogP contribution < -0.4 is 10.5 Å². The Balaban J connectivity index is 2.86. The second-order valence-electron chi connectivity index (χ2n) is 8.30. The van der Waals surface area contributed by atoms with Crippen molar-refractivity contribution in [3.63, 3.8) is 0 Å². The average Bonchev–Trinajstić information content (AvgIpc) is 2.88. The normalized spacial score (nSPS) is 13.4. The molecule has 0 aliphatic heterocycles. The Morgan fingerprint density at radius 3 is 2.45 bits per heavy atom. The van der Waals surface area contributed by atoms with E-state index in [1.807, 2.05) is 6.92 Å². The topological polar surface area (TPSA) is 157 Å². The molecule has 0 aliphatic carbocycles. The fourth-order valence-corrected chi connectivity index (χ4v) is 4.39. The lowest BCUT2D eigenvalue weighted by molar-refractivity contribution is -0.149. The number of amidine groups is 1. The summed E-state index contributed by atoms with van der Waals surface area (Å²) in [7, 11) is -2.57. The fourth-order valence-electron chi connectivity index (χ4n) is 3.04. The summed E-state index contributed by atoms with van der Waals surface area (Å²) in [5.74, 6) is -2.44. The van der Waals surface area contributed by atoms with E-state index in [0.717, 1.165) is 6.42 Å². The summed E-state index contributed by atoms with van der Waals surface area (Å²) in [4.78, 5) is 43.1. The summed E-state index contributed by atoms with van der Waals surface area (Å²) in [6.45, 7) is 8.21. The van der Waals surface area contributed by atoms with Crippen LogP contribution in [0.5, 0.6) is 0 Å². The van der Waals surface area contributed by atoms with Gasteiger partial charge in [-0.05, 0) is 37.5 Å². The van der Waals surface area contributed by atoms with Crippen molar-refractivity contribution in [3.8, 4) is 0 Å². The molecule has 0 heterocycles. The number of nitrogens with one attached hydrogen (secondary N) is 1. The molecule has 0 fully saturated rings. The van der Waals surface area contributed by atoms with Gasteiger partial charge in [0.2, 0.25) is 15.9 Å². The van der Waals surface area contributed by atoms with Crippen molar-refractivity contribution >= 4 is 33.7 Å². The third kappa shape index (κ3) is 11.5. The molecule has 208 valence electrons. The number of carbonyl (C=O) groups excluding carboxylic acids is 3. The third-order valence-corrected chi connectivity index (χ3v) is 6.57. The zero-order chi connectivity index (χ0) is 28.7. The number of carbonyl (C=O) groups is 3. The monoisotopic (exact) mass is 548 g/mol. The highest BCUT2D eigenvalue weighted by Gasteiger charge is 2.26. The number of ether oxygens (including phenoxy) is 1. The number of nitrogens with two attached hydrogens (primary N) is 1. The van der Waals surface area contributed by atoms with Crippen molar-refractivity contribution in [1.82, 2.24) is 9.62 Å². The molecule has 0 aromatic heterocycles. The van der Waals surface area contributed by atoms with Gasteiger partial charge in [-0.2, -0.15) is 0 Å². The van der Waals surface area contributed by atoms with Crippen LogP contribution in [0.4, 0.5) is 0 Å². The molecule has 0 radical (unpaired) electrons. The molecule has 3 N–H and O–H groups in total. The van der Waals surface area contributed by atoms with Crippen molar-refractivity contribution in [2.24, 2.45) is 10.9 Å². The highest BCUT2D eigenvalue weighted by molar-refractivity contribution is 7.88. The van der Waals surface area contributed by atoms with Crippen LogP contribution in [-0.2, 0) is 39.7 Å². The van der Waals surface area contributed by atoms with Crippen LogP contribution in [0, 0.1) is 0 Å². The smallest absolute Gasteiger partial charge is 0.354 e. The SMILES string of the molecule is C=C\C(=C/C=C(C)/C(N)=N\OC(=O)CN(CCCC)C(=O)[C@H](C)NS(=O)(=O)Cc1ccccc1)C(=O)OC. The van der Waals surface area contributed by atoms with Gasteiger partial charge < -0.3 is 20.2 Å². The van der Waals surface area contributed by atoms with E-state index in [9.17, 15) is 22.8 Å². The van der Waals surface area contributed by atoms with Crippen LogP contribution in [0.2, 0.25) is 0 Å². The Bertz CT molecular complexity index is 1180. The molecule has 0 unspecified atom stereocenters. The minimum atomic E-state index is -3.81. The highest BCUT2D eigenvalue weighted by atomic mass is 32.2. The van der Waals surface area contributed by atoms with Gasteiger partial charge in [0.15, 0.2) is 5.84 Å². The van der Waals surface area contributed by atoms with Crippen molar-refractivity contribution in [2.45, 2.75) is 45.4 Å². The summed E-state index contributed by atoms with van der Waals surface area (Å²) in [5, 5.41) is 3.59. The van der Waals surface area contributed by atoms with Gasteiger partial charge in [0, 0.05) is 6.54 Å². The van der Waals surface area contributed by atoms with E-state index in [1.54, 1.807) is 37.3 Å². The Kier molecular flexibility index (Phi) is 13.7. The van der Waals surface area contributed by atoms with Gasteiger partial charge in [-0.25, -0.2) is 22.7 Å². The molecule has 0 saturated carbocycles. The molecule has 1 rings (SSSR count). The van der Waals surface area contributed by atoms with Crippen LogP contribution in [-0.4, -0.2) is 63.2 Å². The van der Waals surface area contributed by atoms with Crippen molar-refractivity contribution in [3.05, 3.63) is 71.8 Å². The van der Waals surface area contributed by atoms with Crippen LogP contribution >= 0.6 is 0 Å². The van der Waals surface area contributed by atoms with E-state index in [-0.39, 0.29) is 23.7 Å². The van der Waals surface area contributed by atoms with Gasteiger partial charge >= 0.3 is 11.9 Å². The molecule has 0 bridgehead atoms.